The molecule has 1 atom stereocenters. The van der Waals surface area contributed by atoms with Crippen LogP contribution in [-0.4, -0.2) is 57.0 Å². The molecular formula is C17H20N6O. The minimum absolute atomic E-state index is 0.0837. The molecule has 0 bridgehead atoms. The lowest BCUT2D eigenvalue weighted by Gasteiger charge is -2.33. The summed E-state index contributed by atoms with van der Waals surface area (Å²) in [7, 11) is 0. The van der Waals surface area contributed by atoms with E-state index in [1.165, 1.54) is 0 Å². The summed E-state index contributed by atoms with van der Waals surface area (Å²) >= 11 is 0. The number of nitrogens with zero attached hydrogens (tertiary/aromatic N) is 5. The highest BCUT2D eigenvalue weighted by atomic mass is 16.3. The molecule has 4 rings (SSSR count). The Hall–Kier alpha value is -2.51. The van der Waals surface area contributed by atoms with Gasteiger partial charge in [-0.05, 0) is 31.2 Å². The van der Waals surface area contributed by atoms with Gasteiger partial charge in [0.2, 0.25) is 0 Å². The van der Waals surface area contributed by atoms with Crippen LogP contribution in [0.5, 0.6) is 0 Å². The number of imidazole rings is 1. The Labute approximate surface area is 140 Å². The average Bonchev–Trinajstić information content (AvgIpc) is 2.97. The first kappa shape index (κ1) is 15.0. The number of aromatic nitrogens is 4. The van der Waals surface area contributed by atoms with Crippen LogP contribution < -0.4 is 10.2 Å². The molecule has 2 N–H and O–H groups in total. The van der Waals surface area contributed by atoms with Crippen LogP contribution in [0.4, 0.5) is 5.82 Å². The van der Waals surface area contributed by atoms with E-state index in [0.717, 1.165) is 48.1 Å². The number of aliphatic hydroxyl groups is 1. The third kappa shape index (κ3) is 2.61. The SMILES string of the molecule is Cc1nc2ccc(N3CCNC(CO)C3)nn2c1-c1ccncc1. The highest BCUT2D eigenvalue weighted by molar-refractivity contribution is 5.66. The third-order valence-corrected chi connectivity index (χ3v) is 4.39. The fraction of sp³-hybridized carbons (Fsp3) is 0.353. The van der Waals surface area contributed by atoms with Crippen molar-refractivity contribution in [3.8, 4) is 11.3 Å². The summed E-state index contributed by atoms with van der Waals surface area (Å²) in [6, 6.07) is 8.02. The van der Waals surface area contributed by atoms with Gasteiger partial charge in [-0.15, -0.1) is 5.10 Å². The van der Waals surface area contributed by atoms with Crippen molar-refractivity contribution in [1.82, 2.24) is 24.9 Å². The van der Waals surface area contributed by atoms with E-state index in [4.69, 9.17) is 5.10 Å². The zero-order chi connectivity index (χ0) is 16.5. The first-order valence-electron chi connectivity index (χ1n) is 8.12. The fourth-order valence-electron chi connectivity index (χ4n) is 3.20. The second-order valence-corrected chi connectivity index (χ2v) is 6.02. The Balaban J connectivity index is 1.77. The van der Waals surface area contributed by atoms with Gasteiger partial charge in [0.15, 0.2) is 5.65 Å². The van der Waals surface area contributed by atoms with E-state index in [1.54, 1.807) is 12.4 Å². The minimum atomic E-state index is 0.0837. The molecule has 1 aliphatic heterocycles. The molecule has 7 heteroatoms. The van der Waals surface area contributed by atoms with E-state index in [9.17, 15) is 5.11 Å². The summed E-state index contributed by atoms with van der Waals surface area (Å²) in [5.74, 6) is 0.898. The van der Waals surface area contributed by atoms with Gasteiger partial charge in [0, 0.05) is 43.6 Å². The summed E-state index contributed by atoms with van der Waals surface area (Å²) in [6.45, 7) is 4.58. The van der Waals surface area contributed by atoms with Gasteiger partial charge in [-0.3, -0.25) is 4.98 Å². The number of hydrogen-bond donors (Lipinski definition) is 2. The van der Waals surface area contributed by atoms with Gasteiger partial charge in [0.1, 0.15) is 5.82 Å². The van der Waals surface area contributed by atoms with Crippen LogP contribution in [0.2, 0.25) is 0 Å². The maximum Gasteiger partial charge on any atom is 0.154 e. The van der Waals surface area contributed by atoms with E-state index >= 15 is 0 Å². The van der Waals surface area contributed by atoms with Crippen molar-refractivity contribution < 1.29 is 5.11 Å². The molecular weight excluding hydrogens is 304 g/mol. The van der Waals surface area contributed by atoms with Crippen LogP contribution >= 0.6 is 0 Å². The molecule has 3 aromatic rings. The van der Waals surface area contributed by atoms with Gasteiger partial charge in [0.05, 0.1) is 18.0 Å². The van der Waals surface area contributed by atoms with Crippen molar-refractivity contribution in [2.45, 2.75) is 13.0 Å². The van der Waals surface area contributed by atoms with Gasteiger partial charge in [-0.2, -0.15) is 0 Å². The molecule has 124 valence electrons. The van der Waals surface area contributed by atoms with Crippen molar-refractivity contribution in [3.05, 3.63) is 42.4 Å². The third-order valence-electron chi connectivity index (χ3n) is 4.39. The first-order valence-corrected chi connectivity index (χ1v) is 8.12. The second kappa shape index (κ2) is 6.18. The Morgan fingerprint density at radius 3 is 2.88 bits per heavy atom. The number of anilines is 1. The Morgan fingerprint density at radius 1 is 1.25 bits per heavy atom. The predicted octanol–water partition coefficient (Wildman–Crippen LogP) is 0.870. The van der Waals surface area contributed by atoms with Crippen molar-refractivity contribution in [2.75, 3.05) is 31.1 Å². The number of aryl methyl sites for hydroxylation is 1. The molecule has 7 nitrogen and oxygen atoms in total. The summed E-state index contributed by atoms with van der Waals surface area (Å²) in [6.07, 6.45) is 3.56. The van der Waals surface area contributed by atoms with Crippen LogP contribution in [0.15, 0.2) is 36.7 Å². The molecule has 1 aliphatic rings. The van der Waals surface area contributed by atoms with E-state index in [1.807, 2.05) is 35.7 Å². The zero-order valence-corrected chi connectivity index (χ0v) is 13.6. The van der Waals surface area contributed by atoms with Crippen LogP contribution in [-0.2, 0) is 0 Å². The van der Waals surface area contributed by atoms with Crippen molar-refractivity contribution in [3.63, 3.8) is 0 Å². The number of piperazine rings is 1. The molecule has 1 saturated heterocycles. The standard InChI is InChI=1S/C17H20N6O/c1-12-17(13-4-6-18-7-5-13)23-15(20-12)2-3-16(21-23)22-9-8-19-14(10-22)11-24/h2-7,14,19,24H,8-11H2,1H3. The molecule has 4 heterocycles. The molecule has 0 aliphatic carbocycles. The van der Waals surface area contributed by atoms with Crippen LogP contribution in [0.25, 0.3) is 16.9 Å². The van der Waals surface area contributed by atoms with Gasteiger partial charge in [-0.1, -0.05) is 0 Å². The Morgan fingerprint density at radius 2 is 2.08 bits per heavy atom. The normalized spacial score (nSPS) is 18.2. The predicted molar refractivity (Wildman–Crippen MR) is 92.0 cm³/mol. The number of pyridine rings is 1. The maximum absolute atomic E-state index is 9.39. The molecule has 0 radical (unpaired) electrons. The van der Waals surface area contributed by atoms with Crippen LogP contribution in [0.3, 0.4) is 0 Å². The van der Waals surface area contributed by atoms with Gasteiger partial charge in [-0.25, -0.2) is 9.50 Å². The average molecular weight is 324 g/mol. The quantitative estimate of drug-likeness (QED) is 0.744. The van der Waals surface area contributed by atoms with Gasteiger partial charge >= 0.3 is 0 Å². The highest BCUT2D eigenvalue weighted by Crippen LogP contribution is 2.25. The number of nitrogens with one attached hydrogen (secondary N) is 1. The lowest BCUT2D eigenvalue weighted by Crippen LogP contribution is -2.52. The number of fused-ring (bicyclic) bond motifs is 1. The zero-order valence-electron chi connectivity index (χ0n) is 13.6. The lowest BCUT2D eigenvalue weighted by atomic mass is 10.2. The van der Waals surface area contributed by atoms with Gasteiger partial charge in [0.25, 0.3) is 0 Å². The molecule has 0 aromatic carbocycles. The number of rotatable bonds is 3. The monoisotopic (exact) mass is 324 g/mol. The first-order chi connectivity index (χ1) is 11.8. The number of hydrogen-bond acceptors (Lipinski definition) is 6. The van der Waals surface area contributed by atoms with E-state index < -0.39 is 0 Å². The molecule has 0 amide bonds. The Bertz CT molecular complexity index is 847. The summed E-state index contributed by atoms with van der Waals surface area (Å²) in [5, 5.41) is 17.5. The molecule has 0 spiro atoms. The largest absolute Gasteiger partial charge is 0.395 e. The summed E-state index contributed by atoms with van der Waals surface area (Å²) in [4.78, 5) is 10.9. The topological polar surface area (TPSA) is 78.6 Å². The Kier molecular flexibility index (Phi) is 3.87. The molecule has 1 unspecified atom stereocenters. The van der Waals surface area contributed by atoms with Crippen LogP contribution in [0, 0.1) is 6.92 Å². The fourth-order valence-corrected chi connectivity index (χ4v) is 3.20. The number of aliphatic hydroxyl groups excluding tert-OH is 1. The minimum Gasteiger partial charge on any atom is -0.395 e. The van der Waals surface area contributed by atoms with E-state index in [-0.39, 0.29) is 12.6 Å². The second-order valence-electron chi connectivity index (χ2n) is 6.02. The van der Waals surface area contributed by atoms with Gasteiger partial charge < -0.3 is 15.3 Å². The summed E-state index contributed by atoms with van der Waals surface area (Å²) < 4.78 is 1.90. The highest BCUT2D eigenvalue weighted by Gasteiger charge is 2.21. The molecule has 24 heavy (non-hydrogen) atoms. The molecule has 0 saturated carbocycles. The lowest BCUT2D eigenvalue weighted by molar-refractivity contribution is 0.235. The molecule has 3 aromatic heterocycles. The van der Waals surface area contributed by atoms with E-state index in [2.05, 4.69) is 20.2 Å². The van der Waals surface area contributed by atoms with Crippen molar-refractivity contribution in [1.29, 1.82) is 0 Å². The maximum atomic E-state index is 9.39. The van der Waals surface area contributed by atoms with E-state index in [0.29, 0.717) is 0 Å². The van der Waals surface area contributed by atoms with Crippen molar-refractivity contribution in [2.24, 2.45) is 0 Å². The van der Waals surface area contributed by atoms with Crippen molar-refractivity contribution >= 4 is 11.5 Å². The molecule has 1 fully saturated rings. The summed E-state index contributed by atoms with van der Waals surface area (Å²) in [5.41, 5.74) is 3.81. The van der Waals surface area contributed by atoms with Crippen LogP contribution in [0.1, 0.15) is 5.69 Å². The smallest absolute Gasteiger partial charge is 0.154 e.